The molecule has 5 rings (SSSR count). The number of rotatable bonds is 3. The number of fused-ring (bicyclic) bond motifs is 3. The van der Waals surface area contributed by atoms with Crippen LogP contribution in [0.2, 0.25) is 10.0 Å². The Morgan fingerprint density at radius 1 is 1.03 bits per heavy atom. The maximum absolute atomic E-state index is 13.7. The smallest absolute Gasteiger partial charge is 0.312 e. The van der Waals surface area contributed by atoms with Crippen molar-refractivity contribution in [3.63, 3.8) is 0 Å². The van der Waals surface area contributed by atoms with Gasteiger partial charge >= 0.3 is 5.69 Å². The highest BCUT2D eigenvalue weighted by atomic mass is 35.5. The van der Waals surface area contributed by atoms with E-state index in [2.05, 4.69) is 43.9 Å². The van der Waals surface area contributed by atoms with Crippen LogP contribution < -0.4 is 16.1 Å². The Bertz CT molecular complexity index is 1550. The minimum Gasteiger partial charge on any atom is -0.312 e. The van der Waals surface area contributed by atoms with E-state index in [-0.39, 0.29) is 18.0 Å². The van der Waals surface area contributed by atoms with Crippen LogP contribution in [0.4, 0.5) is 11.6 Å². The molecule has 0 spiro atoms. The summed E-state index contributed by atoms with van der Waals surface area (Å²) in [7, 11) is 1.65. The van der Waals surface area contributed by atoms with Gasteiger partial charge in [-0.3, -0.25) is 13.9 Å². The molecule has 1 aliphatic rings. The van der Waals surface area contributed by atoms with Crippen LogP contribution in [-0.2, 0) is 20.1 Å². The predicted molar refractivity (Wildman–Crippen MR) is 137 cm³/mol. The van der Waals surface area contributed by atoms with Gasteiger partial charge in [0.15, 0.2) is 11.2 Å². The minimum absolute atomic E-state index is 0.0499. The summed E-state index contributed by atoms with van der Waals surface area (Å²) in [5.41, 5.74) is 3.97. The number of aromatic nitrogens is 4. The van der Waals surface area contributed by atoms with Gasteiger partial charge in [0.2, 0.25) is 5.95 Å². The van der Waals surface area contributed by atoms with Gasteiger partial charge in [0.25, 0.3) is 5.56 Å². The molecule has 2 aromatic carbocycles. The van der Waals surface area contributed by atoms with Crippen molar-refractivity contribution in [3.8, 4) is 0 Å². The van der Waals surface area contributed by atoms with Gasteiger partial charge in [0.05, 0.1) is 6.54 Å². The second-order valence-electron chi connectivity index (χ2n) is 9.22. The number of benzene rings is 2. The third-order valence-electron chi connectivity index (χ3n) is 6.30. The summed E-state index contributed by atoms with van der Waals surface area (Å²) in [6.45, 7) is 7.75. The van der Waals surface area contributed by atoms with Crippen LogP contribution in [0, 0.1) is 19.8 Å². The van der Waals surface area contributed by atoms with Crippen LogP contribution in [0.15, 0.2) is 46.0 Å². The molecule has 2 aromatic heterocycles. The lowest BCUT2D eigenvalue weighted by Crippen LogP contribution is -2.40. The highest BCUT2D eigenvalue weighted by Crippen LogP contribution is 2.33. The second-order valence-corrected chi connectivity index (χ2v) is 10.1. The van der Waals surface area contributed by atoms with Gasteiger partial charge in [0, 0.05) is 35.9 Å². The third kappa shape index (κ3) is 3.73. The van der Waals surface area contributed by atoms with E-state index in [9.17, 15) is 9.59 Å². The van der Waals surface area contributed by atoms with Crippen molar-refractivity contribution < 1.29 is 0 Å². The summed E-state index contributed by atoms with van der Waals surface area (Å²) in [5.74, 6) is 0.953. The zero-order valence-corrected chi connectivity index (χ0v) is 21.0. The summed E-state index contributed by atoms with van der Waals surface area (Å²) in [5, 5.41) is 0.904. The quantitative estimate of drug-likeness (QED) is 0.412. The largest absolute Gasteiger partial charge is 0.332 e. The van der Waals surface area contributed by atoms with E-state index >= 15 is 0 Å². The Labute approximate surface area is 206 Å². The fraction of sp³-hybridized carbons (Fsp3) is 0.320. The number of imidazole rings is 1. The van der Waals surface area contributed by atoms with Crippen LogP contribution in [0.25, 0.3) is 11.2 Å². The maximum Gasteiger partial charge on any atom is 0.332 e. The van der Waals surface area contributed by atoms with Crippen molar-refractivity contribution in [2.24, 2.45) is 13.0 Å². The molecule has 0 saturated heterocycles. The fourth-order valence-electron chi connectivity index (χ4n) is 4.79. The molecule has 0 amide bonds. The highest BCUT2D eigenvalue weighted by Gasteiger charge is 2.30. The van der Waals surface area contributed by atoms with E-state index in [4.69, 9.17) is 28.2 Å². The molecule has 3 heterocycles. The lowest BCUT2D eigenvalue weighted by molar-refractivity contribution is 0.458. The van der Waals surface area contributed by atoms with E-state index < -0.39 is 5.69 Å². The first-order chi connectivity index (χ1) is 16.1. The predicted octanol–water partition coefficient (Wildman–Crippen LogP) is 4.66. The van der Waals surface area contributed by atoms with Gasteiger partial charge in [-0.25, -0.2) is 4.79 Å². The van der Waals surface area contributed by atoms with Crippen molar-refractivity contribution in [2.45, 2.75) is 33.9 Å². The fourth-order valence-corrected chi connectivity index (χ4v) is 5.26. The van der Waals surface area contributed by atoms with Crippen LogP contribution in [0.5, 0.6) is 0 Å². The molecular weight excluding hydrogens is 473 g/mol. The van der Waals surface area contributed by atoms with Crippen molar-refractivity contribution in [3.05, 3.63) is 84.0 Å². The monoisotopic (exact) mass is 497 g/mol. The molecule has 9 heteroatoms. The van der Waals surface area contributed by atoms with Crippen LogP contribution >= 0.6 is 23.2 Å². The Balaban J connectivity index is 1.72. The molecule has 176 valence electrons. The lowest BCUT2D eigenvalue weighted by Gasteiger charge is -2.33. The number of hydrogen-bond acceptors (Lipinski definition) is 4. The molecule has 0 aliphatic carbocycles. The average molecular weight is 498 g/mol. The Morgan fingerprint density at radius 3 is 2.41 bits per heavy atom. The van der Waals surface area contributed by atoms with Gasteiger partial charge in [-0.1, -0.05) is 42.3 Å². The molecule has 34 heavy (non-hydrogen) atoms. The first-order valence-electron chi connectivity index (χ1n) is 11.1. The van der Waals surface area contributed by atoms with Gasteiger partial charge in [-0.15, -0.1) is 0 Å². The standard InChI is InChI=1S/C25H25Cl2N5O2/c1-14-7-15(2)9-19(8-14)30-11-16(3)12-31-21-22(28-24(30)31)29(4)25(34)32(23(21)33)13-17-5-6-18(26)10-20(17)27/h5-10,16H,11-13H2,1-4H3. The van der Waals surface area contributed by atoms with Gasteiger partial charge in [0.1, 0.15) is 0 Å². The van der Waals surface area contributed by atoms with Crippen molar-refractivity contribution in [1.29, 1.82) is 0 Å². The molecule has 1 aliphatic heterocycles. The van der Waals surface area contributed by atoms with E-state index in [1.165, 1.54) is 9.13 Å². The molecule has 0 fully saturated rings. The number of nitrogens with zero attached hydrogens (tertiary/aromatic N) is 5. The third-order valence-corrected chi connectivity index (χ3v) is 6.89. The number of aryl methyl sites for hydroxylation is 3. The van der Waals surface area contributed by atoms with Gasteiger partial charge < -0.3 is 9.47 Å². The molecule has 0 saturated carbocycles. The second kappa shape index (κ2) is 8.32. The normalized spacial score (nSPS) is 15.7. The van der Waals surface area contributed by atoms with E-state index in [1.54, 1.807) is 25.2 Å². The number of hydrogen-bond donors (Lipinski definition) is 0. The van der Waals surface area contributed by atoms with E-state index in [1.807, 2.05) is 4.57 Å². The highest BCUT2D eigenvalue weighted by molar-refractivity contribution is 6.35. The zero-order chi connectivity index (χ0) is 24.3. The zero-order valence-electron chi connectivity index (χ0n) is 19.5. The molecule has 0 bridgehead atoms. The Kier molecular flexibility index (Phi) is 5.57. The van der Waals surface area contributed by atoms with Crippen LogP contribution in [0.1, 0.15) is 23.6 Å². The summed E-state index contributed by atoms with van der Waals surface area (Å²) in [4.78, 5) is 33.8. The minimum atomic E-state index is -0.440. The molecule has 7 nitrogen and oxygen atoms in total. The summed E-state index contributed by atoms with van der Waals surface area (Å²) in [6.07, 6.45) is 0. The number of halogens is 2. The molecule has 4 aromatic rings. The topological polar surface area (TPSA) is 65.1 Å². The first-order valence-corrected chi connectivity index (χ1v) is 11.9. The van der Waals surface area contributed by atoms with E-state index in [0.29, 0.717) is 39.3 Å². The van der Waals surface area contributed by atoms with E-state index in [0.717, 1.165) is 23.4 Å². The van der Waals surface area contributed by atoms with Crippen molar-refractivity contribution >= 4 is 46.0 Å². The Morgan fingerprint density at radius 2 is 1.74 bits per heavy atom. The number of anilines is 2. The van der Waals surface area contributed by atoms with Gasteiger partial charge in [-0.2, -0.15) is 4.98 Å². The maximum atomic E-state index is 13.7. The summed E-state index contributed by atoms with van der Waals surface area (Å²) >= 11 is 12.3. The van der Waals surface area contributed by atoms with Gasteiger partial charge in [-0.05, 0) is 60.7 Å². The lowest BCUT2D eigenvalue weighted by atomic mass is 10.1. The molecular formula is C25H25Cl2N5O2. The molecule has 1 unspecified atom stereocenters. The molecule has 0 N–H and O–H groups in total. The summed E-state index contributed by atoms with van der Waals surface area (Å²) < 4.78 is 4.60. The SMILES string of the molecule is Cc1cc(C)cc(N2CC(C)Cn3c2nc2c3c(=O)n(Cc3ccc(Cl)cc3Cl)c(=O)n2C)c1. The molecule has 0 radical (unpaired) electrons. The molecule has 1 atom stereocenters. The van der Waals surface area contributed by atoms with Crippen LogP contribution in [0.3, 0.4) is 0 Å². The first kappa shape index (κ1) is 22.7. The Hall–Kier alpha value is -3.03. The van der Waals surface area contributed by atoms with Crippen molar-refractivity contribution in [2.75, 3.05) is 11.4 Å². The van der Waals surface area contributed by atoms with Crippen molar-refractivity contribution in [1.82, 2.24) is 18.7 Å². The summed E-state index contributed by atoms with van der Waals surface area (Å²) in [6, 6.07) is 11.4. The average Bonchev–Trinajstić information content (AvgIpc) is 3.15. The van der Waals surface area contributed by atoms with Crippen LogP contribution in [-0.4, -0.2) is 25.2 Å².